The Morgan fingerprint density at radius 1 is 1.38 bits per heavy atom. The molecule has 0 aliphatic carbocycles. The number of rotatable bonds is 8. The van der Waals surface area contributed by atoms with E-state index in [9.17, 15) is 9.59 Å². The first-order chi connectivity index (χ1) is 10.1. The molecule has 6 heteroatoms. The van der Waals surface area contributed by atoms with E-state index in [0.717, 1.165) is 19.3 Å². The highest BCUT2D eigenvalue weighted by Gasteiger charge is 2.25. The summed E-state index contributed by atoms with van der Waals surface area (Å²) in [5, 5.41) is 11.7. The summed E-state index contributed by atoms with van der Waals surface area (Å²) in [5.74, 6) is -0.398. The van der Waals surface area contributed by atoms with Crippen molar-refractivity contribution in [2.75, 3.05) is 26.3 Å². The Hall–Kier alpha value is -1.30. The number of morpholine rings is 1. The standard InChI is InChI=1S/C15H28N2O4/c1-3-12(5-6-14(18)19)7-8-16-15(20)17-9-10-21-11-13(17)4-2/h12-13H,3-11H2,1-2H3,(H,16,20)(H,18,19). The highest BCUT2D eigenvalue weighted by Crippen LogP contribution is 2.15. The molecule has 0 bridgehead atoms. The van der Waals surface area contributed by atoms with Gasteiger partial charge in [0.2, 0.25) is 0 Å². The zero-order valence-electron chi connectivity index (χ0n) is 13.1. The maximum absolute atomic E-state index is 12.2. The van der Waals surface area contributed by atoms with Crippen molar-refractivity contribution in [1.29, 1.82) is 0 Å². The fraction of sp³-hybridized carbons (Fsp3) is 0.867. The molecule has 0 aromatic rings. The van der Waals surface area contributed by atoms with Crippen LogP contribution < -0.4 is 5.32 Å². The quantitative estimate of drug-likeness (QED) is 0.719. The highest BCUT2D eigenvalue weighted by molar-refractivity contribution is 5.74. The SMILES string of the molecule is CCC(CCNC(=O)N1CCOCC1CC)CCC(=O)O. The molecule has 2 atom stereocenters. The maximum Gasteiger partial charge on any atom is 0.317 e. The fourth-order valence-electron chi connectivity index (χ4n) is 2.63. The summed E-state index contributed by atoms with van der Waals surface area (Å²) in [6.07, 6.45) is 3.54. The van der Waals surface area contributed by atoms with E-state index in [1.165, 1.54) is 0 Å². The first-order valence-corrected chi connectivity index (χ1v) is 7.92. The molecule has 1 rings (SSSR count). The van der Waals surface area contributed by atoms with Gasteiger partial charge >= 0.3 is 12.0 Å². The Balaban J connectivity index is 2.29. The number of carbonyl (C=O) groups excluding carboxylic acids is 1. The summed E-state index contributed by atoms with van der Waals surface area (Å²) in [6.45, 7) is 6.56. The van der Waals surface area contributed by atoms with Crippen molar-refractivity contribution in [3.05, 3.63) is 0 Å². The van der Waals surface area contributed by atoms with Crippen LogP contribution in [0.4, 0.5) is 4.79 Å². The summed E-state index contributed by atoms with van der Waals surface area (Å²) >= 11 is 0. The van der Waals surface area contributed by atoms with E-state index in [4.69, 9.17) is 9.84 Å². The predicted molar refractivity (Wildman–Crippen MR) is 80.3 cm³/mol. The molecule has 1 heterocycles. The lowest BCUT2D eigenvalue weighted by atomic mass is 9.97. The number of carbonyl (C=O) groups is 2. The van der Waals surface area contributed by atoms with Crippen molar-refractivity contribution in [3.63, 3.8) is 0 Å². The normalized spacial score (nSPS) is 20.1. The van der Waals surface area contributed by atoms with Crippen LogP contribution in [0.1, 0.15) is 46.0 Å². The average Bonchev–Trinajstić information content (AvgIpc) is 2.50. The van der Waals surface area contributed by atoms with Crippen LogP contribution in [0.5, 0.6) is 0 Å². The second kappa shape index (κ2) is 9.60. The third-order valence-electron chi connectivity index (χ3n) is 4.13. The van der Waals surface area contributed by atoms with Crippen molar-refractivity contribution >= 4 is 12.0 Å². The van der Waals surface area contributed by atoms with E-state index in [2.05, 4.69) is 19.2 Å². The van der Waals surface area contributed by atoms with Gasteiger partial charge in [0, 0.05) is 19.5 Å². The molecule has 2 unspecified atom stereocenters. The van der Waals surface area contributed by atoms with Gasteiger partial charge in [-0.05, 0) is 25.2 Å². The predicted octanol–water partition coefficient (Wildman–Crippen LogP) is 2.09. The summed E-state index contributed by atoms with van der Waals surface area (Å²) in [7, 11) is 0. The van der Waals surface area contributed by atoms with E-state index in [0.29, 0.717) is 38.6 Å². The number of nitrogens with zero attached hydrogens (tertiary/aromatic N) is 1. The van der Waals surface area contributed by atoms with Gasteiger partial charge in [0.1, 0.15) is 0 Å². The minimum atomic E-state index is -0.753. The van der Waals surface area contributed by atoms with Crippen LogP contribution in [-0.4, -0.2) is 54.4 Å². The van der Waals surface area contributed by atoms with Gasteiger partial charge in [-0.2, -0.15) is 0 Å². The second-order valence-corrected chi connectivity index (χ2v) is 5.56. The van der Waals surface area contributed by atoms with E-state index < -0.39 is 5.97 Å². The van der Waals surface area contributed by atoms with E-state index in [-0.39, 0.29) is 18.5 Å². The number of carboxylic acids is 1. The van der Waals surface area contributed by atoms with Crippen molar-refractivity contribution in [3.8, 4) is 0 Å². The summed E-state index contributed by atoms with van der Waals surface area (Å²) in [4.78, 5) is 24.6. The molecule has 0 spiro atoms. The minimum absolute atomic E-state index is 0.0294. The highest BCUT2D eigenvalue weighted by atomic mass is 16.5. The Kier molecular flexibility index (Phi) is 8.12. The summed E-state index contributed by atoms with van der Waals surface area (Å²) in [6, 6.07) is 0.131. The lowest BCUT2D eigenvalue weighted by molar-refractivity contribution is -0.137. The van der Waals surface area contributed by atoms with Gasteiger partial charge in [0.15, 0.2) is 0 Å². The molecule has 1 fully saturated rings. The smallest absolute Gasteiger partial charge is 0.317 e. The molecular weight excluding hydrogens is 272 g/mol. The van der Waals surface area contributed by atoms with Gasteiger partial charge in [-0.3, -0.25) is 4.79 Å². The van der Waals surface area contributed by atoms with Crippen LogP contribution in [0.3, 0.4) is 0 Å². The molecule has 1 aliphatic rings. The van der Waals surface area contributed by atoms with Crippen LogP contribution >= 0.6 is 0 Å². The number of hydrogen-bond donors (Lipinski definition) is 2. The molecule has 6 nitrogen and oxygen atoms in total. The molecule has 2 N–H and O–H groups in total. The number of amides is 2. The Labute approximate surface area is 126 Å². The Morgan fingerprint density at radius 3 is 2.76 bits per heavy atom. The van der Waals surface area contributed by atoms with Gasteiger partial charge in [0.05, 0.1) is 19.3 Å². The monoisotopic (exact) mass is 300 g/mol. The molecule has 0 aromatic heterocycles. The van der Waals surface area contributed by atoms with Gasteiger partial charge < -0.3 is 20.1 Å². The lowest BCUT2D eigenvalue weighted by Crippen LogP contribution is -2.52. The summed E-state index contributed by atoms with van der Waals surface area (Å²) in [5.41, 5.74) is 0. The van der Waals surface area contributed by atoms with Gasteiger partial charge in [-0.1, -0.05) is 20.3 Å². The number of urea groups is 1. The van der Waals surface area contributed by atoms with Crippen molar-refractivity contribution in [2.24, 2.45) is 5.92 Å². The van der Waals surface area contributed by atoms with Crippen molar-refractivity contribution < 1.29 is 19.4 Å². The molecule has 0 aromatic carbocycles. The molecule has 2 amide bonds. The summed E-state index contributed by atoms with van der Waals surface area (Å²) < 4.78 is 5.39. The van der Waals surface area contributed by atoms with Gasteiger partial charge in [0.25, 0.3) is 0 Å². The third kappa shape index (κ3) is 6.33. The largest absolute Gasteiger partial charge is 0.481 e. The fourth-order valence-corrected chi connectivity index (χ4v) is 2.63. The van der Waals surface area contributed by atoms with Crippen LogP contribution in [0.25, 0.3) is 0 Å². The van der Waals surface area contributed by atoms with E-state index in [1.54, 1.807) is 0 Å². The number of nitrogens with one attached hydrogen (secondary N) is 1. The van der Waals surface area contributed by atoms with Gasteiger partial charge in [-0.15, -0.1) is 0 Å². The van der Waals surface area contributed by atoms with Crippen molar-refractivity contribution in [1.82, 2.24) is 10.2 Å². The number of carboxylic acid groups (broad SMARTS) is 1. The second-order valence-electron chi connectivity index (χ2n) is 5.56. The van der Waals surface area contributed by atoms with Crippen LogP contribution in [-0.2, 0) is 9.53 Å². The number of hydrogen-bond acceptors (Lipinski definition) is 3. The third-order valence-corrected chi connectivity index (χ3v) is 4.13. The minimum Gasteiger partial charge on any atom is -0.481 e. The maximum atomic E-state index is 12.2. The molecule has 122 valence electrons. The molecular formula is C15H28N2O4. The zero-order valence-corrected chi connectivity index (χ0v) is 13.1. The molecule has 0 radical (unpaired) electrons. The van der Waals surface area contributed by atoms with Crippen LogP contribution in [0, 0.1) is 5.92 Å². The molecule has 1 saturated heterocycles. The average molecular weight is 300 g/mol. The first kappa shape index (κ1) is 17.8. The molecule has 21 heavy (non-hydrogen) atoms. The molecule has 0 saturated carbocycles. The van der Waals surface area contributed by atoms with Gasteiger partial charge in [-0.25, -0.2) is 4.79 Å². The zero-order chi connectivity index (χ0) is 15.7. The van der Waals surface area contributed by atoms with E-state index >= 15 is 0 Å². The molecule has 1 aliphatic heterocycles. The Bertz CT molecular complexity index is 336. The van der Waals surface area contributed by atoms with E-state index in [1.807, 2.05) is 4.90 Å². The number of ether oxygens (including phenoxy) is 1. The number of aliphatic carboxylic acids is 1. The van der Waals surface area contributed by atoms with Crippen molar-refractivity contribution in [2.45, 2.75) is 52.0 Å². The first-order valence-electron chi connectivity index (χ1n) is 7.92. The Morgan fingerprint density at radius 2 is 2.14 bits per heavy atom. The topological polar surface area (TPSA) is 78.9 Å². The lowest BCUT2D eigenvalue weighted by Gasteiger charge is -2.35. The van der Waals surface area contributed by atoms with Crippen LogP contribution in [0.15, 0.2) is 0 Å². The van der Waals surface area contributed by atoms with Crippen LogP contribution in [0.2, 0.25) is 0 Å².